The highest BCUT2D eigenvalue weighted by atomic mass is 35.5. The van der Waals surface area contributed by atoms with E-state index in [4.69, 9.17) is 16.7 Å². The lowest BCUT2D eigenvalue weighted by Gasteiger charge is -2.35. The predicted molar refractivity (Wildman–Crippen MR) is 80.2 cm³/mol. The Morgan fingerprint density at radius 1 is 1.33 bits per heavy atom. The first-order valence-electron chi connectivity index (χ1n) is 7.06. The molecule has 1 aromatic rings. The minimum Gasteiger partial charge on any atom is -0.481 e. The fourth-order valence-corrected chi connectivity index (χ4v) is 4.59. The van der Waals surface area contributed by atoms with Crippen molar-refractivity contribution in [1.82, 2.24) is 4.31 Å². The Morgan fingerprint density at radius 3 is 2.50 bits per heavy atom. The molecule has 0 amide bonds. The number of carboxylic acids is 1. The quantitative estimate of drug-likeness (QED) is 0.866. The van der Waals surface area contributed by atoms with E-state index in [1.54, 1.807) is 6.92 Å². The summed E-state index contributed by atoms with van der Waals surface area (Å²) in [6, 6.07) is 1.84. The molecule has 1 fully saturated rings. The van der Waals surface area contributed by atoms with E-state index < -0.39 is 49.6 Å². The van der Waals surface area contributed by atoms with E-state index in [0.717, 1.165) is 16.4 Å². The Hall–Kier alpha value is -1.32. The number of alkyl halides is 3. The molecular formula is C14H15ClF3NO4S. The first-order valence-corrected chi connectivity index (χ1v) is 8.87. The molecule has 0 bridgehead atoms. The number of rotatable bonds is 3. The maximum Gasteiger partial charge on any atom is 0.417 e. The molecule has 0 radical (unpaired) electrons. The van der Waals surface area contributed by atoms with Gasteiger partial charge in [-0.3, -0.25) is 4.79 Å². The SMILES string of the molecule is CC1CCC(C(=O)O)CN1S(=O)(=O)c1ccc(Cl)c(C(F)(F)F)c1. The third-order valence-electron chi connectivity index (χ3n) is 4.02. The highest BCUT2D eigenvalue weighted by molar-refractivity contribution is 7.89. The summed E-state index contributed by atoms with van der Waals surface area (Å²) in [6.45, 7) is 1.32. The third kappa shape index (κ3) is 3.68. The summed E-state index contributed by atoms with van der Waals surface area (Å²) >= 11 is 5.50. The second-order valence-electron chi connectivity index (χ2n) is 5.68. The van der Waals surface area contributed by atoms with Gasteiger partial charge in [0.05, 0.1) is 21.4 Å². The van der Waals surface area contributed by atoms with Crippen LogP contribution < -0.4 is 0 Å². The average Bonchev–Trinajstić information content (AvgIpc) is 2.46. The van der Waals surface area contributed by atoms with Crippen LogP contribution in [0.15, 0.2) is 23.1 Å². The van der Waals surface area contributed by atoms with Gasteiger partial charge >= 0.3 is 12.1 Å². The minimum atomic E-state index is -4.79. The Balaban J connectivity index is 2.44. The summed E-state index contributed by atoms with van der Waals surface area (Å²) in [6.07, 6.45) is -4.16. The van der Waals surface area contributed by atoms with Crippen molar-refractivity contribution in [3.63, 3.8) is 0 Å². The molecule has 2 atom stereocenters. The first kappa shape index (κ1) is 19.0. The number of hydrogen-bond donors (Lipinski definition) is 1. The molecule has 1 N–H and O–H groups in total. The number of piperidine rings is 1. The molecule has 1 aliphatic rings. The van der Waals surface area contributed by atoms with Crippen LogP contribution in [-0.4, -0.2) is 36.4 Å². The van der Waals surface area contributed by atoms with Crippen molar-refractivity contribution >= 4 is 27.6 Å². The van der Waals surface area contributed by atoms with Gasteiger partial charge in [0, 0.05) is 12.6 Å². The summed E-state index contributed by atoms with van der Waals surface area (Å²) in [4.78, 5) is 10.6. The van der Waals surface area contributed by atoms with Gasteiger partial charge in [0.25, 0.3) is 0 Å². The molecule has 134 valence electrons. The van der Waals surface area contributed by atoms with Crippen molar-refractivity contribution in [2.75, 3.05) is 6.54 Å². The second kappa shape index (κ2) is 6.53. The summed E-state index contributed by atoms with van der Waals surface area (Å²) in [7, 11) is -4.27. The lowest BCUT2D eigenvalue weighted by molar-refractivity contribution is -0.143. The summed E-state index contributed by atoms with van der Waals surface area (Å²) in [5.74, 6) is -2.01. The van der Waals surface area contributed by atoms with E-state index in [2.05, 4.69) is 0 Å². The van der Waals surface area contributed by atoms with Gasteiger partial charge in [-0.25, -0.2) is 8.42 Å². The van der Waals surface area contributed by atoms with Crippen LogP contribution in [0.4, 0.5) is 13.2 Å². The average molecular weight is 386 g/mol. The number of halogens is 4. The molecule has 2 rings (SSSR count). The van der Waals surface area contributed by atoms with Gasteiger partial charge in [-0.15, -0.1) is 0 Å². The highest BCUT2D eigenvalue weighted by Gasteiger charge is 2.39. The molecule has 1 aromatic carbocycles. The monoisotopic (exact) mass is 385 g/mol. The highest BCUT2D eigenvalue weighted by Crippen LogP contribution is 2.37. The Kier molecular flexibility index (Phi) is 5.17. The molecule has 10 heteroatoms. The lowest BCUT2D eigenvalue weighted by Crippen LogP contribution is -2.47. The first-order chi connectivity index (χ1) is 10.9. The van der Waals surface area contributed by atoms with Crippen LogP contribution in [0.25, 0.3) is 0 Å². The van der Waals surface area contributed by atoms with Crippen molar-refractivity contribution in [2.45, 2.75) is 36.9 Å². The number of sulfonamides is 1. The molecule has 1 heterocycles. The standard InChI is InChI=1S/C14H15ClF3NO4S/c1-8-2-3-9(13(20)21)7-19(8)24(22,23)10-4-5-12(15)11(6-10)14(16,17)18/h4-6,8-9H,2-3,7H2,1H3,(H,20,21). The Morgan fingerprint density at radius 2 is 1.96 bits per heavy atom. The van der Waals surface area contributed by atoms with E-state index in [0.29, 0.717) is 18.9 Å². The van der Waals surface area contributed by atoms with E-state index >= 15 is 0 Å². The van der Waals surface area contributed by atoms with E-state index in [9.17, 15) is 26.4 Å². The lowest BCUT2D eigenvalue weighted by atomic mass is 9.96. The van der Waals surface area contributed by atoms with Gasteiger partial charge in [-0.2, -0.15) is 17.5 Å². The fourth-order valence-electron chi connectivity index (χ4n) is 2.63. The van der Waals surface area contributed by atoms with Crippen molar-refractivity contribution in [3.8, 4) is 0 Å². The Labute approximate surface area is 142 Å². The molecule has 0 saturated carbocycles. The minimum absolute atomic E-state index is 0.275. The number of benzene rings is 1. The summed E-state index contributed by atoms with van der Waals surface area (Å²) in [5.41, 5.74) is -1.25. The second-order valence-corrected chi connectivity index (χ2v) is 7.97. The van der Waals surface area contributed by atoms with Gasteiger partial charge < -0.3 is 5.11 Å². The number of carbonyl (C=O) groups is 1. The zero-order valence-electron chi connectivity index (χ0n) is 12.5. The maximum atomic E-state index is 12.9. The number of carboxylic acid groups (broad SMARTS) is 1. The van der Waals surface area contributed by atoms with Crippen LogP contribution in [0.5, 0.6) is 0 Å². The van der Waals surface area contributed by atoms with Crippen LogP contribution in [0, 0.1) is 5.92 Å². The van der Waals surface area contributed by atoms with Crippen LogP contribution >= 0.6 is 11.6 Å². The normalized spacial score (nSPS) is 23.2. The number of nitrogens with zero attached hydrogens (tertiary/aromatic N) is 1. The van der Waals surface area contributed by atoms with Gasteiger partial charge in [-0.1, -0.05) is 11.6 Å². The van der Waals surface area contributed by atoms with Crippen LogP contribution in [0.1, 0.15) is 25.3 Å². The molecule has 0 spiro atoms. The van der Waals surface area contributed by atoms with Gasteiger partial charge in [0.1, 0.15) is 0 Å². The molecule has 1 saturated heterocycles. The van der Waals surface area contributed by atoms with Crippen LogP contribution in [0.3, 0.4) is 0 Å². The largest absolute Gasteiger partial charge is 0.481 e. The number of aliphatic carboxylic acids is 1. The zero-order chi connectivity index (χ0) is 18.3. The number of hydrogen-bond acceptors (Lipinski definition) is 3. The molecule has 2 unspecified atom stereocenters. The van der Waals surface area contributed by atoms with E-state index in [1.165, 1.54) is 0 Å². The molecule has 0 aromatic heterocycles. The summed E-state index contributed by atoms with van der Waals surface area (Å²) < 4.78 is 65.1. The van der Waals surface area contributed by atoms with E-state index in [-0.39, 0.29) is 6.54 Å². The smallest absolute Gasteiger partial charge is 0.417 e. The van der Waals surface area contributed by atoms with Gasteiger partial charge in [0.15, 0.2) is 0 Å². The maximum absolute atomic E-state index is 12.9. The molecule has 0 aliphatic carbocycles. The molecule has 24 heavy (non-hydrogen) atoms. The van der Waals surface area contributed by atoms with Crippen LogP contribution in [-0.2, 0) is 21.0 Å². The third-order valence-corrected chi connectivity index (χ3v) is 6.33. The van der Waals surface area contributed by atoms with Crippen molar-refractivity contribution in [1.29, 1.82) is 0 Å². The zero-order valence-corrected chi connectivity index (χ0v) is 14.1. The molecule has 5 nitrogen and oxygen atoms in total. The molecule has 1 aliphatic heterocycles. The van der Waals surface area contributed by atoms with E-state index in [1.807, 2.05) is 0 Å². The summed E-state index contributed by atoms with van der Waals surface area (Å²) in [5, 5.41) is 8.48. The van der Waals surface area contributed by atoms with Crippen molar-refractivity contribution < 1.29 is 31.5 Å². The molecular weight excluding hydrogens is 371 g/mol. The van der Waals surface area contributed by atoms with Crippen LogP contribution in [0.2, 0.25) is 5.02 Å². The fraction of sp³-hybridized carbons (Fsp3) is 0.500. The van der Waals surface area contributed by atoms with Gasteiger partial charge in [0.2, 0.25) is 10.0 Å². The Bertz CT molecular complexity index is 751. The predicted octanol–water partition coefficient (Wildman–Crippen LogP) is 3.23. The van der Waals surface area contributed by atoms with Crippen molar-refractivity contribution in [3.05, 3.63) is 28.8 Å². The topological polar surface area (TPSA) is 74.7 Å². The van der Waals surface area contributed by atoms with Gasteiger partial charge in [-0.05, 0) is 38.0 Å². The van der Waals surface area contributed by atoms with Crippen molar-refractivity contribution in [2.24, 2.45) is 5.92 Å².